The van der Waals surface area contributed by atoms with Crippen molar-refractivity contribution in [3.8, 4) is 0 Å². The maximum atomic E-state index is 13.6. The first-order valence-electron chi connectivity index (χ1n) is 15.7. The van der Waals surface area contributed by atoms with Crippen LogP contribution in [0.2, 0.25) is 0 Å². The van der Waals surface area contributed by atoms with Gasteiger partial charge in [0.15, 0.2) is 0 Å². The molecule has 0 aliphatic heterocycles. The van der Waals surface area contributed by atoms with Crippen molar-refractivity contribution in [2.45, 2.75) is 83.6 Å². The lowest BCUT2D eigenvalue weighted by Gasteiger charge is -2.34. The Hall–Kier alpha value is -3.58. The van der Waals surface area contributed by atoms with Crippen molar-refractivity contribution in [3.05, 3.63) is 71.8 Å². The van der Waals surface area contributed by atoms with Crippen molar-refractivity contribution in [2.24, 2.45) is 29.4 Å². The molecule has 2 aromatic rings. The molecule has 6 N–H and O–H groups in total. The fourth-order valence-electron chi connectivity index (χ4n) is 5.37. The lowest BCUT2D eigenvalue weighted by molar-refractivity contribution is -0.150. The molecule has 0 unspecified atom stereocenters. The molecule has 254 valence electrons. The fraction of sp³-hybridized carbons (Fsp3) is 0.500. The minimum atomic E-state index is -4.02. The second kappa shape index (κ2) is 17.9. The lowest BCUT2D eigenvalue weighted by atomic mass is 9.82. The SMILES string of the molecule is CC(C)C[C@@H](C(=O)NN(CC(C)C)C(=O)C1(N)CCCC1)[C@H](CC=Cc1ccccc1)C(=O)NO.Cc1ccc(S(=O)(=O)O)cc1. The molecule has 0 heterocycles. The van der Waals surface area contributed by atoms with Gasteiger partial charge >= 0.3 is 0 Å². The standard InChI is InChI=1S/C27H42N4O4.C7H8O3S/c1-19(2)17-23(22(25(33)30-35)14-10-13-21-11-6-5-7-12-21)24(32)29-31(18-20(3)4)26(34)27(28)15-8-9-16-27;1-6-2-4-7(5-3-6)11(8,9)10/h5-7,10-13,19-20,22-23,35H,8-9,14-18,28H2,1-4H3,(H,29,32)(H,30,33);2-5H,1H3,(H,8,9,10)/t22-,23+;/m0./s1. The van der Waals surface area contributed by atoms with Gasteiger partial charge in [0.1, 0.15) is 0 Å². The molecule has 1 aliphatic carbocycles. The zero-order chi connectivity index (χ0) is 34.5. The van der Waals surface area contributed by atoms with E-state index in [2.05, 4.69) is 5.43 Å². The molecule has 11 nitrogen and oxygen atoms in total. The first-order chi connectivity index (χ1) is 21.6. The molecular weight excluding hydrogens is 608 g/mol. The van der Waals surface area contributed by atoms with E-state index in [1.165, 1.54) is 17.1 Å². The van der Waals surface area contributed by atoms with Gasteiger partial charge in [0.05, 0.1) is 22.3 Å². The van der Waals surface area contributed by atoms with Crippen molar-refractivity contribution >= 4 is 33.9 Å². The van der Waals surface area contributed by atoms with Crippen LogP contribution in [0.25, 0.3) is 6.08 Å². The zero-order valence-corrected chi connectivity index (χ0v) is 28.3. The Morgan fingerprint density at radius 3 is 2.02 bits per heavy atom. The monoisotopic (exact) mass is 658 g/mol. The number of rotatable bonds is 12. The number of carbonyl (C=O) groups excluding carboxylic acids is 3. The summed E-state index contributed by atoms with van der Waals surface area (Å²) < 4.78 is 29.6. The molecule has 3 amide bonds. The second-order valence-electron chi connectivity index (χ2n) is 12.8. The number of hydrogen-bond acceptors (Lipinski definition) is 7. The summed E-state index contributed by atoms with van der Waals surface area (Å²) >= 11 is 0. The van der Waals surface area contributed by atoms with E-state index in [0.717, 1.165) is 24.0 Å². The van der Waals surface area contributed by atoms with Crippen LogP contribution in [0.5, 0.6) is 0 Å². The van der Waals surface area contributed by atoms with Gasteiger partial charge in [-0.15, -0.1) is 0 Å². The van der Waals surface area contributed by atoms with Crippen LogP contribution >= 0.6 is 0 Å². The average Bonchev–Trinajstić information content (AvgIpc) is 3.45. The largest absolute Gasteiger partial charge is 0.317 e. The van der Waals surface area contributed by atoms with Crippen LogP contribution in [0.15, 0.2) is 65.6 Å². The van der Waals surface area contributed by atoms with Gasteiger partial charge < -0.3 is 5.73 Å². The summed E-state index contributed by atoms with van der Waals surface area (Å²) in [5.41, 5.74) is 11.9. The third-order valence-corrected chi connectivity index (χ3v) is 8.64. The molecule has 2 aromatic carbocycles. The highest BCUT2D eigenvalue weighted by atomic mass is 32.2. The van der Waals surface area contributed by atoms with Crippen LogP contribution in [0.1, 0.15) is 77.3 Å². The van der Waals surface area contributed by atoms with Gasteiger partial charge in [-0.1, -0.05) is 101 Å². The van der Waals surface area contributed by atoms with Gasteiger partial charge in [-0.25, -0.2) is 5.48 Å². The summed E-state index contributed by atoms with van der Waals surface area (Å²) in [5, 5.41) is 10.8. The van der Waals surface area contributed by atoms with Crippen LogP contribution in [-0.4, -0.2) is 53.0 Å². The number of hydrazine groups is 1. The average molecular weight is 659 g/mol. The maximum Gasteiger partial charge on any atom is 0.294 e. The molecule has 1 aliphatic rings. The fourth-order valence-corrected chi connectivity index (χ4v) is 5.85. The van der Waals surface area contributed by atoms with E-state index in [-0.39, 0.29) is 29.1 Å². The van der Waals surface area contributed by atoms with E-state index in [9.17, 15) is 28.0 Å². The number of allylic oxidation sites excluding steroid dienone is 1. The number of nitrogens with two attached hydrogens (primary N) is 1. The number of amides is 3. The van der Waals surface area contributed by atoms with E-state index in [0.29, 0.717) is 25.8 Å². The summed E-state index contributed by atoms with van der Waals surface area (Å²) in [6, 6.07) is 15.6. The molecule has 1 saturated carbocycles. The highest BCUT2D eigenvalue weighted by Gasteiger charge is 2.42. The minimum absolute atomic E-state index is 0.0666. The van der Waals surface area contributed by atoms with Gasteiger partial charge in [-0.05, 0) is 62.1 Å². The minimum Gasteiger partial charge on any atom is -0.317 e. The summed E-state index contributed by atoms with van der Waals surface area (Å²) in [5.74, 6) is -2.67. The highest BCUT2D eigenvalue weighted by molar-refractivity contribution is 7.85. The number of nitrogens with zero attached hydrogens (tertiary/aromatic N) is 1. The molecule has 46 heavy (non-hydrogen) atoms. The Balaban J connectivity index is 0.000000562. The van der Waals surface area contributed by atoms with Crippen LogP contribution in [0.4, 0.5) is 0 Å². The number of nitrogens with one attached hydrogen (secondary N) is 2. The normalized spacial score (nSPS) is 15.6. The Labute approximate surface area is 273 Å². The van der Waals surface area contributed by atoms with Crippen LogP contribution in [-0.2, 0) is 24.5 Å². The molecule has 0 saturated heterocycles. The second-order valence-corrected chi connectivity index (χ2v) is 14.2. The Bertz CT molecular complexity index is 1400. The summed E-state index contributed by atoms with van der Waals surface area (Å²) in [7, 11) is -4.02. The maximum absolute atomic E-state index is 13.6. The van der Waals surface area contributed by atoms with Crippen molar-refractivity contribution < 1.29 is 32.6 Å². The predicted molar refractivity (Wildman–Crippen MR) is 178 cm³/mol. The van der Waals surface area contributed by atoms with Gasteiger partial charge in [-0.3, -0.25) is 34.6 Å². The Morgan fingerprint density at radius 2 is 1.52 bits per heavy atom. The summed E-state index contributed by atoms with van der Waals surface area (Å²) in [6.45, 7) is 10.0. The van der Waals surface area contributed by atoms with E-state index in [4.69, 9.17) is 10.3 Å². The topological polar surface area (TPSA) is 179 Å². The van der Waals surface area contributed by atoms with Gasteiger partial charge in [0.25, 0.3) is 16.0 Å². The number of hydrogen-bond donors (Lipinski definition) is 5. The molecule has 1 fully saturated rings. The smallest absolute Gasteiger partial charge is 0.294 e. The Kier molecular flexibility index (Phi) is 15.1. The third kappa shape index (κ3) is 12.3. The predicted octanol–water partition coefficient (Wildman–Crippen LogP) is 4.90. The molecular formula is C34H50N4O7S. The van der Waals surface area contributed by atoms with Crippen LogP contribution in [0.3, 0.4) is 0 Å². The molecule has 2 atom stereocenters. The van der Waals surface area contributed by atoms with E-state index >= 15 is 0 Å². The lowest BCUT2D eigenvalue weighted by Crippen LogP contribution is -2.60. The molecule has 0 bridgehead atoms. The Morgan fingerprint density at radius 1 is 0.935 bits per heavy atom. The van der Waals surface area contributed by atoms with Gasteiger partial charge in [0, 0.05) is 6.54 Å². The summed E-state index contributed by atoms with van der Waals surface area (Å²) in [6.07, 6.45) is 7.33. The first-order valence-corrected chi connectivity index (χ1v) is 17.1. The molecule has 12 heteroatoms. The quantitative estimate of drug-likeness (QED) is 0.121. The molecule has 3 rings (SSSR count). The van der Waals surface area contributed by atoms with Gasteiger partial charge in [-0.2, -0.15) is 8.42 Å². The molecule has 0 aromatic heterocycles. The van der Waals surface area contributed by atoms with Crippen molar-refractivity contribution in [1.82, 2.24) is 15.9 Å². The zero-order valence-electron chi connectivity index (χ0n) is 27.5. The summed E-state index contributed by atoms with van der Waals surface area (Å²) in [4.78, 5) is 39.5. The van der Waals surface area contributed by atoms with Crippen LogP contribution in [0, 0.1) is 30.6 Å². The van der Waals surface area contributed by atoms with Crippen molar-refractivity contribution in [1.29, 1.82) is 0 Å². The number of carbonyl (C=O) groups is 3. The third-order valence-electron chi connectivity index (χ3n) is 7.77. The number of hydroxylamine groups is 1. The first kappa shape index (κ1) is 38.6. The van der Waals surface area contributed by atoms with E-state index in [1.54, 1.807) is 17.6 Å². The van der Waals surface area contributed by atoms with Crippen LogP contribution < -0.4 is 16.6 Å². The number of aryl methyl sites for hydroxylation is 1. The molecule has 0 radical (unpaired) electrons. The highest BCUT2D eigenvalue weighted by Crippen LogP contribution is 2.30. The van der Waals surface area contributed by atoms with E-state index < -0.39 is 39.3 Å². The van der Waals surface area contributed by atoms with Crippen molar-refractivity contribution in [3.63, 3.8) is 0 Å². The van der Waals surface area contributed by atoms with Gasteiger partial charge in [0.2, 0.25) is 11.8 Å². The van der Waals surface area contributed by atoms with E-state index in [1.807, 2.05) is 77.1 Å². The van der Waals surface area contributed by atoms with Crippen molar-refractivity contribution in [2.75, 3.05) is 6.54 Å². The molecule has 0 spiro atoms. The number of benzene rings is 2.